The van der Waals surface area contributed by atoms with Crippen LogP contribution in [0, 0.1) is 11.3 Å². The van der Waals surface area contributed by atoms with E-state index in [1.165, 1.54) is 0 Å². The Morgan fingerprint density at radius 2 is 2.06 bits per heavy atom. The van der Waals surface area contributed by atoms with Gasteiger partial charge in [-0.2, -0.15) is 18.4 Å². The number of halogens is 3. The lowest BCUT2D eigenvalue weighted by Crippen LogP contribution is -2.62. The van der Waals surface area contributed by atoms with Crippen molar-refractivity contribution in [3.05, 3.63) is 0 Å². The van der Waals surface area contributed by atoms with Crippen molar-refractivity contribution in [1.82, 2.24) is 4.90 Å². The second-order valence-electron chi connectivity index (χ2n) is 4.34. The standard InChI is InChI=1S/C10H14F3N3O/c1-9(15,10(11,12)13)8(17)16(6-2-5-14)7-3-4-7/h7H,2-4,6,15H2,1H3. The summed E-state index contributed by atoms with van der Waals surface area (Å²) in [6, 6.07) is 1.62. The molecule has 1 fully saturated rings. The summed E-state index contributed by atoms with van der Waals surface area (Å²) in [6.07, 6.45) is -3.43. The molecule has 2 N–H and O–H groups in total. The van der Waals surface area contributed by atoms with E-state index < -0.39 is 17.6 Å². The first kappa shape index (κ1) is 13.8. The van der Waals surface area contributed by atoms with E-state index in [-0.39, 0.29) is 19.0 Å². The van der Waals surface area contributed by atoms with Gasteiger partial charge in [-0.15, -0.1) is 0 Å². The summed E-state index contributed by atoms with van der Waals surface area (Å²) >= 11 is 0. The summed E-state index contributed by atoms with van der Waals surface area (Å²) in [5.41, 5.74) is 2.19. The minimum Gasteiger partial charge on any atom is -0.337 e. The van der Waals surface area contributed by atoms with Crippen molar-refractivity contribution in [2.45, 2.75) is 43.9 Å². The van der Waals surface area contributed by atoms with Gasteiger partial charge in [-0.3, -0.25) is 4.79 Å². The molecule has 0 radical (unpaired) electrons. The fourth-order valence-electron chi connectivity index (χ4n) is 1.43. The van der Waals surface area contributed by atoms with Gasteiger partial charge in [0.25, 0.3) is 5.91 Å². The zero-order chi connectivity index (χ0) is 13.3. The lowest BCUT2D eigenvalue weighted by Gasteiger charge is -2.32. The molecule has 0 heterocycles. The maximum atomic E-state index is 12.6. The van der Waals surface area contributed by atoms with Crippen molar-refractivity contribution < 1.29 is 18.0 Å². The molecule has 7 heteroatoms. The van der Waals surface area contributed by atoms with Crippen LogP contribution < -0.4 is 5.73 Å². The van der Waals surface area contributed by atoms with Crippen LogP contribution in [0.4, 0.5) is 13.2 Å². The van der Waals surface area contributed by atoms with Gasteiger partial charge in [-0.05, 0) is 19.8 Å². The predicted molar refractivity (Wildman–Crippen MR) is 53.6 cm³/mol. The molecule has 17 heavy (non-hydrogen) atoms. The molecule has 0 aliphatic heterocycles. The lowest BCUT2D eigenvalue weighted by molar-refractivity contribution is -0.194. The lowest BCUT2D eigenvalue weighted by atomic mass is 10.0. The minimum atomic E-state index is -4.79. The SMILES string of the molecule is CC(N)(C(=O)N(CCC#N)C1CC1)C(F)(F)F. The van der Waals surface area contributed by atoms with Crippen molar-refractivity contribution in [2.24, 2.45) is 5.73 Å². The Balaban J connectivity index is 2.81. The minimum absolute atomic E-state index is 0.00285. The Hall–Kier alpha value is -1.29. The molecule has 0 aromatic rings. The van der Waals surface area contributed by atoms with E-state index in [0.29, 0.717) is 19.8 Å². The largest absolute Gasteiger partial charge is 0.415 e. The highest BCUT2D eigenvalue weighted by molar-refractivity contribution is 5.87. The summed E-state index contributed by atoms with van der Waals surface area (Å²) in [7, 11) is 0. The Bertz CT molecular complexity index is 342. The zero-order valence-corrected chi connectivity index (χ0v) is 9.42. The maximum absolute atomic E-state index is 12.6. The molecule has 1 rings (SSSR count). The number of hydrogen-bond donors (Lipinski definition) is 1. The molecule has 0 bridgehead atoms. The monoisotopic (exact) mass is 249 g/mol. The highest BCUT2D eigenvalue weighted by Gasteiger charge is 2.56. The van der Waals surface area contributed by atoms with Crippen molar-refractivity contribution in [1.29, 1.82) is 5.26 Å². The third kappa shape index (κ3) is 2.88. The van der Waals surface area contributed by atoms with E-state index in [9.17, 15) is 18.0 Å². The Morgan fingerprint density at radius 1 is 1.53 bits per heavy atom. The van der Waals surface area contributed by atoms with E-state index in [1.54, 1.807) is 0 Å². The molecular weight excluding hydrogens is 235 g/mol. The number of hydrogen-bond acceptors (Lipinski definition) is 3. The Morgan fingerprint density at radius 3 is 2.41 bits per heavy atom. The average molecular weight is 249 g/mol. The number of rotatable bonds is 4. The van der Waals surface area contributed by atoms with Crippen molar-refractivity contribution in [3.63, 3.8) is 0 Å². The van der Waals surface area contributed by atoms with Crippen LogP contribution in [-0.2, 0) is 4.79 Å². The highest BCUT2D eigenvalue weighted by Crippen LogP contribution is 2.34. The smallest absolute Gasteiger partial charge is 0.337 e. The van der Waals surface area contributed by atoms with Gasteiger partial charge in [0.1, 0.15) is 0 Å². The normalized spacial score (nSPS) is 19.3. The van der Waals surface area contributed by atoms with E-state index in [0.717, 1.165) is 4.90 Å². The molecule has 96 valence electrons. The zero-order valence-electron chi connectivity index (χ0n) is 9.42. The van der Waals surface area contributed by atoms with Crippen molar-refractivity contribution >= 4 is 5.91 Å². The summed E-state index contributed by atoms with van der Waals surface area (Å²) in [5.74, 6) is -1.15. The molecule has 0 aromatic heterocycles. The third-order valence-electron chi connectivity index (χ3n) is 2.75. The number of carbonyl (C=O) groups excluding carboxylic acids is 1. The van der Waals surface area contributed by atoms with E-state index >= 15 is 0 Å². The Kier molecular flexibility index (Phi) is 3.67. The van der Waals surface area contributed by atoms with Gasteiger partial charge in [0.2, 0.25) is 0 Å². The summed E-state index contributed by atoms with van der Waals surface area (Å²) < 4.78 is 37.8. The maximum Gasteiger partial charge on any atom is 0.415 e. The number of nitriles is 1. The summed E-state index contributed by atoms with van der Waals surface area (Å²) in [4.78, 5) is 12.9. The summed E-state index contributed by atoms with van der Waals surface area (Å²) in [6.45, 7) is 0.667. The second kappa shape index (κ2) is 4.53. The molecule has 0 spiro atoms. The fourth-order valence-corrected chi connectivity index (χ4v) is 1.43. The highest BCUT2D eigenvalue weighted by atomic mass is 19.4. The van der Waals surface area contributed by atoms with Crippen LogP contribution in [0.5, 0.6) is 0 Å². The third-order valence-corrected chi connectivity index (χ3v) is 2.75. The first-order chi connectivity index (χ1) is 7.71. The molecular formula is C10H14F3N3O. The first-order valence-corrected chi connectivity index (χ1v) is 5.25. The quantitative estimate of drug-likeness (QED) is 0.813. The van der Waals surface area contributed by atoms with Crippen LogP contribution in [0.25, 0.3) is 0 Å². The van der Waals surface area contributed by atoms with Crippen LogP contribution in [0.15, 0.2) is 0 Å². The number of carbonyl (C=O) groups is 1. The summed E-state index contributed by atoms with van der Waals surface area (Å²) in [5, 5.41) is 8.42. The van der Waals surface area contributed by atoms with Crippen molar-refractivity contribution in [2.75, 3.05) is 6.54 Å². The molecule has 1 unspecified atom stereocenters. The average Bonchev–Trinajstić information content (AvgIpc) is 3.00. The van der Waals surface area contributed by atoms with Gasteiger partial charge < -0.3 is 10.6 Å². The first-order valence-electron chi connectivity index (χ1n) is 5.25. The van der Waals surface area contributed by atoms with E-state index in [4.69, 9.17) is 11.0 Å². The van der Waals surface area contributed by atoms with Gasteiger partial charge in [0.15, 0.2) is 5.54 Å². The predicted octanol–water partition coefficient (Wildman–Crippen LogP) is 1.17. The molecule has 0 saturated heterocycles. The second-order valence-corrected chi connectivity index (χ2v) is 4.34. The van der Waals surface area contributed by atoms with Gasteiger partial charge >= 0.3 is 6.18 Å². The van der Waals surface area contributed by atoms with Crippen LogP contribution in [-0.4, -0.2) is 35.1 Å². The topological polar surface area (TPSA) is 70.1 Å². The van der Waals surface area contributed by atoms with E-state index in [2.05, 4.69) is 0 Å². The van der Waals surface area contributed by atoms with Gasteiger partial charge in [-0.1, -0.05) is 0 Å². The molecule has 1 saturated carbocycles. The van der Waals surface area contributed by atoms with E-state index in [1.807, 2.05) is 6.07 Å². The van der Waals surface area contributed by atoms with Gasteiger partial charge in [0, 0.05) is 12.6 Å². The molecule has 1 amide bonds. The number of amides is 1. The molecule has 1 atom stereocenters. The fraction of sp³-hybridized carbons (Fsp3) is 0.800. The number of nitrogens with zero attached hydrogens (tertiary/aromatic N) is 2. The van der Waals surface area contributed by atoms with Crippen LogP contribution in [0.3, 0.4) is 0 Å². The van der Waals surface area contributed by atoms with Crippen LogP contribution in [0.2, 0.25) is 0 Å². The van der Waals surface area contributed by atoms with Gasteiger partial charge in [0.05, 0.1) is 12.5 Å². The van der Waals surface area contributed by atoms with Crippen LogP contribution in [0.1, 0.15) is 26.2 Å². The van der Waals surface area contributed by atoms with Crippen LogP contribution >= 0.6 is 0 Å². The Labute approximate surface area is 97.2 Å². The molecule has 1 aliphatic carbocycles. The molecule has 4 nitrogen and oxygen atoms in total. The van der Waals surface area contributed by atoms with Crippen molar-refractivity contribution in [3.8, 4) is 6.07 Å². The van der Waals surface area contributed by atoms with Gasteiger partial charge in [-0.25, -0.2) is 0 Å². The molecule has 1 aliphatic rings. The number of alkyl halides is 3. The number of nitrogens with two attached hydrogens (primary N) is 1. The molecule has 0 aromatic carbocycles.